The molecule has 0 aliphatic carbocycles. The van der Waals surface area contributed by atoms with Gasteiger partial charge in [-0.25, -0.2) is 4.39 Å². The average molecular weight is 315 g/mol. The van der Waals surface area contributed by atoms with Crippen molar-refractivity contribution in [1.29, 1.82) is 0 Å². The Kier molecular flexibility index (Phi) is 3.37. The van der Waals surface area contributed by atoms with E-state index >= 15 is 0 Å². The molecule has 7 heteroatoms. The molecule has 2 aromatic rings. The number of halogens is 1. The molecule has 6 nitrogen and oxygen atoms in total. The normalized spacial score (nSPS) is 23.4. The van der Waals surface area contributed by atoms with Crippen LogP contribution in [0.5, 0.6) is 0 Å². The lowest BCUT2D eigenvalue weighted by molar-refractivity contribution is 0.100. The molecule has 4 rings (SSSR count). The number of carbonyl (C=O) groups excluding carboxylic acids is 1. The number of nitrogens with one attached hydrogen (secondary N) is 1. The number of likely N-dealkylation sites (tertiary alicyclic amines) is 1. The minimum Gasteiger partial charge on any atom is -0.319 e. The van der Waals surface area contributed by atoms with Gasteiger partial charge in [0, 0.05) is 31.7 Å². The maximum atomic E-state index is 13.2. The summed E-state index contributed by atoms with van der Waals surface area (Å²) in [5.41, 5.74) is 0.418. The maximum Gasteiger partial charge on any atom is 0.293 e. The van der Waals surface area contributed by atoms with Gasteiger partial charge in [-0.15, -0.1) is 10.2 Å². The summed E-state index contributed by atoms with van der Waals surface area (Å²) in [6.07, 6.45) is 0.856. The van der Waals surface area contributed by atoms with E-state index in [2.05, 4.69) is 27.5 Å². The maximum absolute atomic E-state index is 13.2. The Morgan fingerprint density at radius 2 is 2.09 bits per heavy atom. The van der Waals surface area contributed by atoms with Gasteiger partial charge in [-0.2, -0.15) is 0 Å². The summed E-state index contributed by atoms with van der Waals surface area (Å²) < 4.78 is 15.1. The van der Waals surface area contributed by atoms with Gasteiger partial charge in [0.25, 0.3) is 5.91 Å². The molecule has 1 aromatic heterocycles. The molecule has 0 saturated carbocycles. The standard InChI is InChI=1S/C16H18FN5O/c1-21-7-10-5-14-19-20-15(22(14)9-11(10)8-21)16(23)18-13-4-2-3-12(17)6-13/h2-4,6,10-11H,5,7-9H2,1H3,(H,18,23)/t10-,11+/m0/s1. The van der Waals surface area contributed by atoms with E-state index in [1.54, 1.807) is 12.1 Å². The van der Waals surface area contributed by atoms with E-state index in [4.69, 9.17) is 0 Å². The Morgan fingerprint density at radius 3 is 2.91 bits per heavy atom. The predicted molar refractivity (Wildman–Crippen MR) is 82.6 cm³/mol. The molecule has 0 radical (unpaired) electrons. The topological polar surface area (TPSA) is 63.1 Å². The van der Waals surface area contributed by atoms with Gasteiger partial charge in [0.1, 0.15) is 11.6 Å². The molecular formula is C16H18FN5O. The molecule has 1 fully saturated rings. The Labute approximate surface area is 133 Å². The Bertz CT molecular complexity index is 759. The molecule has 120 valence electrons. The largest absolute Gasteiger partial charge is 0.319 e. The highest BCUT2D eigenvalue weighted by Gasteiger charge is 2.37. The molecule has 1 saturated heterocycles. The number of hydrogen-bond donors (Lipinski definition) is 1. The van der Waals surface area contributed by atoms with Gasteiger partial charge < -0.3 is 14.8 Å². The van der Waals surface area contributed by atoms with E-state index in [0.29, 0.717) is 23.3 Å². The third-order valence-electron chi connectivity index (χ3n) is 4.73. The van der Waals surface area contributed by atoms with Crippen molar-refractivity contribution in [2.24, 2.45) is 11.8 Å². The predicted octanol–water partition coefficient (Wildman–Crippen LogP) is 1.40. The van der Waals surface area contributed by atoms with Crippen LogP contribution in [-0.4, -0.2) is 45.7 Å². The lowest BCUT2D eigenvalue weighted by Crippen LogP contribution is -2.31. The smallest absolute Gasteiger partial charge is 0.293 e. The number of amides is 1. The first-order valence-corrected chi connectivity index (χ1v) is 7.77. The monoisotopic (exact) mass is 315 g/mol. The number of hydrogen-bond acceptors (Lipinski definition) is 4. The van der Waals surface area contributed by atoms with Gasteiger partial charge in [0.2, 0.25) is 5.82 Å². The van der Waals surface area contributed by atoms with Crippen molar-refractivity contribution in [3.05, 3.63) is 41.7 Å². The van der Waals surface area contributed by atoms with Crippen molar-refractivity contribution in [3.8, 4) is 0 Å². The van der Waals surface area contributed by atoms with E-state index in [0.717, 1.165) is 31.9 Å². The SMILES string of the molecule is CN1C[C@@H]2Cn3c(nnc3C(=O)Nc3cccc(F)c3)C[C@H]2C1. The van der Waals surface area contributed by atoms with Crippen LogP contribution < -0.4 is 5.32 Å². The second-order valence-electron chi connectivity index (χ2n) is 6.46. The summed E-state index contributed by atoms with van der Waals surface area (Å²) in [6.45, 7) is 2.87. The zero-order valence-electron chi connectivity index (χ0n) is 12.9. The van der Waals surface area contributed by atoms with Crippen LogP contribution in [0.2, 0.25) is 0 Å². The molecule has 0 spiro atoms. The molecule has 1 amide bonds. The van der Waals surface area contributed by atoms with Crippen molar-refractivity contribution in [2.45, 2.75) is 13.0 Å². The van der Waals surface area contributed by atoms with E-state index in [1.165, 1.54) is 12.1 Å². The quantitative estimate of drug-likeness (QED) is 0.910. The molecular weight excluding hydrogens is 297 g/mol. The van der Waals surface area contributed by atoms with E-state index in [1.807, 2.05) is 4.57 Å². The average Bonchev–Trinajstić information content (AvgIpc) is 3.06. The van der Waals surface area contributed by atoms with E-state index in [9.17, 15) is 9.18 Å². The third-order valence-corrected chi connectivity index (χ3v) is 4.73. The number of anilines is 1. The molecule has 0 unspecified atom stereocenters. The lowest BCUT2D eigenvalue weighted by Gasteiger charge is -2.25. The molecule has 23 heavy (non-hydrogen) atoms. The van der Waals surface area contributed by atoms with Crippen LogP contribution in [0, 0.1) is 17.7 Å². The van der Waals surface area contributed by atoms with Crippen LogP contribution in [0.25, 0.3) is 0 Å². The first-order chi connectivity index (χ1) is 11.1. The van der Waals surface area contributed by atoms with Crippen LogP contribution in [0.1, 0.15) is 16.4 Å². The van der Waals surface area contributed by atoms with Crippen molar-refractivity contribution in [1.82, 2.24) is 19.7 Å². The first-order valence-electron chi connectivity index (χ1n) is 7.77. The van der Waals surface area contributed by atoms with Crippen LogP contribution in [-0.2, 0) is 13.0 Å². The van der Waals surface area contributed by atoms with Gasteiger partial charge in [0.15, 0.2) is 0 Å². The highest BCUT2D eigenvalue weighted by Crippen LogP contribution is 2.31. The summed E-state index contributed by atoms with van der Waals surface area (Å²) >= 11 is 0. The second-order valence-corrected chi connectivity index (χ2v) is 6.46. The molecule has 2 atom stereocenters. The first kappa shape index (κ1) is 14.3. The van der Waals surface area contributed by atoms with Crippen LogP contribution in [0.3, 0.4) is 0 Å². The third kappa shape index (κ3) is 2.61. The van der Waals surface area contributed by atoms with E-state index in [-0.39, 0.29) is 11.7 Å². The minimum atomic E-state index is -0.386. The number of benzene rings is 1. The minimum absolute atomic E-state index is 0.303. The van der Waals surface area contributed by atoms with Crippen molar-refractivity contribution < 1.29 is 9.18 Å². The summed E-state index contributed by atoms with van der Waals surface area (Å²) in [7, 11) is 2.12. The molecule has 3 heterocycles. The van der Waals surface area contributed by atoms with Crippen LogP contribution in [0.15, 0.2) is 24.3 Å². The Morgan fingerprint density at radius 1 is 1.26 bits per heavy atom. The number of fused-ring (bicyclic) bond motifs is 2. The Hall–Kier alpha value is -2.28. The summed E-state index contributed by atoms with van der Waals surface area (Å²) in [4.78, 5) is 14.8. The molecule has 1 N–H and O–H groups in total. The number of carbonyl (C=O) groups is 1. The second kappa shape index (κ2) is 5.42. The molecule has 2 aliphatic heterocycles. The Balaban J connectivity index is 1.56. The van der Waals surface area contributed by atoms with Gasteiger partial charge >= 0.3 is 0 Å². The zero-order valence-corrected chi connectivity index (χ0v) is 12.9. The highest BCUT2D eigenvalue weighted by atomic mass is 19.1. The molecule has 1 aromatic carbocycles. The number of rotatable bonds is 2. The lowest BCUT2D eigenvalue weighted by atomic mass is 9.89. The highest BCUT2D eigenvalue weighted by molar-refractivity contribution is 6.01. The number of nitrogens with zero attached hydrogens (tertiary/aromatic N) is 4. The van der Waals surface area contributed by atoms with Gasteiger partial charge in [-0.3, -0.25) is 4.79 Å². The van der Waals surface area contributed by atoms with Crippen LogP contribution in [0.4, 0.5) is 10.1 Å². The van der Waals surface area contributed by atoms with Crippen molar-refractivity contribution in [2.75, 3.05) is 25.5 Å². The van der Waals surface area contributed by atoms with Crippen molar-refractivity contribution in [3.63, 3.8) is 0 Å². The summed E-state index contributed by atoms with van der Waals surface area (Å²) in [5, 5.41) is 10.9. The fraction of sp³-hybridized carbons (Fsp3) is 0.438. The molecule has 0 bridgehead atoms. The summed E-state index contributed by atoms with van der Waals surface area (Å²) in [6, 6.07) is 5.83. The fourth-order valence-electron chi connectivity index (χ4n) is 3.68. The van der Waals surface area contributed by atoms with Gasteiger partial charge in [-0.05, 0) is 37.1 Å². The fourth-order valence-corrected chi connectivity index (χ4v) is 3.68. The number of aromatic nitrogens is 3. The summed E-state index contributed by atoms with van der Waals surface area (Å²) in [5.74, 6) is 1.56. The van der Waals surface area contributed by atoms with Gasteiger partial charge in [-0.1, -0.05) is 6.07 Å². The molecule has 2 aliphatic rings. The van der Waals surface area contributed by atoms with Crippen LogP contribution >= 0.6 is 0 Å². The van der Waals surface area contributed by atoms with E-state index < -0.39 is 0 Å². The van der Waals surface area contributed by atoms with Gasteiger partial charge in [0.05, 0.1) is 0 Å². The van der Waals surface area contributed by atoms with Crippen molar-refractivity contribution >= 4 is 11.6 Å². The zero-order chi connectivity index (χ0) is 16.0.